The lowest BCUT2D eigenvalue weighted by Gasteiger charge is -2.20. The van der Waals surface area contributed by atoms with Crippen LogP contribution in [0.3, 0.4) is 0 Å². The van der Waals surface area contributed by atoms with E-state index in [-0.39, 0.29) is 29.0 Å². The largest absolute Gasteiger partial charge is 0.468 e. The van der Waals surface area contributed by atoms with Gasteiger partial charge in [0.05, 0.1) is 25.0 Å². The molecule has 0 N–H and O–H groups in total. The fourth-order valence-corrected chi connectivity index (χ4v) is 5.00. The summed E-state index contributed by atoms with van der Waals surface area (Å²) in [6.45, 7) is 0.0602. The van der Waals surface area contributed by atoms with Crippen LogP contribution in [0.1, 0.15) is 11.5 Å². The number of hydrogen-bond acceptors (Lipinski definition) is 6. The number of hydrogen-bond donors (Lipinski definition) is 0. The molecule has 4 rings (SSSR count). The van der Waals surface area contributed by atoms with Crippen LogP contribution in [0.2, 0.25) is 5.15 Å². The van der Waals surface area contributed by atoms with Gasteiger partial charge in [-0.3, -0.25) is 0 Å². The zero-order valence-corrected chi connectivity index (χ0v) is 17.8. The smallest absolute Gasteiger partial charge is 0.245 e. The van der Waals surface area contributed by atoms with Gasteiger partial charge in [-0.25, -0.2) is 22.8 Å². The molecule has 0 saturated heterocycles. The van der Waals surface area contributed by atoms with E-state index in [0.717, 1.165) is 5.56 Å². The van der Waals surface area contributed by atoms with Gasteiger partial charge in [0, 0.05) is 17.1 Å². The van der Waals surface area contributed by atoms with Crippen LogP contribution in [-0.4, -0.2) is 22.7 Å². The number of aromatic nitrogens is 2. The lowest BCUT2D eigenvalue weighted by Crippen LogP contribution is -2.30. The van der Waals surface area contributed by atoms with Crippen molar-refractivity contribution in [1.82, 2.24) is 14.3 Å². The quantitative estimate of drug-likeness (QED) is 0.361. The molecule has 0 amide bonds. The van der Waals surface area contributed by atoms with Crippen molar-refractivity contribution in [3.63, 3.8) is 0 Å². The second-order valence-electron chi connectivity index (χ2n) is 6.32. The molecular weight excluding hydrogens is 449 g/mol. The monoisotopic (exact) mass is 463 g/mol. The van der Waals surface area contributed by atoms with Crippen LogP contribution in [0.4, 0.5) is 4.39 Å². The van der Waals surface area contributed by atoms with E-state index in [4.69, 9.17) is 16.0 Å². The van der Waals surface area contributed by atoms with E-state index in [0.29, 0.717) is 16.5 Å². The normalized spacial score (nSPS) is 11.8. The second kappa shape index (κ2) is 8.65. The van der Waals surface area contributed by atoms with Crippen LogP contribution >= 0.6 is 22.9 Å². The topological polar surface area (TPSA) is 76.3 Å². The molecule has 0 atom stereocenters. The Labute approximate surface area is 181 Å². The number of sulfonamides is 1. The number of halogens is 2. The molecule has 3 aromatic heterocycles. The van der Waals surface area contributed by atoms with Gasteiger partial charge in [-0.05, 0) is 48.5 Å². The summed E-state index contributed by atoms with van der Waals surface area (Å²) in [5, 5.41) is 2.66. The van der Waals surface area contributed by atoms with E-state index in [1.54, 1.807) is 29.6 Å². The van der Waals surface area contributed by atoms with E-state index >= 15 is 0 Å². The number of rotatable bonds is 7. The van der Waals surface area contributed by atoms with Gasteiger partial charge in [0.25, 0.3) is 0 Å². The molecule has 0 bridgehead atoms. The zero-order chi connectivity index (χ0) is 21.1. The Morgan fingerprint density at radius 2 is 1.90 bits per heavy atom. The highest BCUT2D eigenvalue weighted by Crippen LogP contribution is 2.27. The van der Waals surface area contributed by atoms with Crippen LogP contribution in [-0.2, 0) is 23.1 Å². The minimum atomic E-state index is -3.89. The van der Waals surface area contributed by atoms with Gasteiger partial charge in [-0.1, -0.05) is 11.6 Å². The first-order chi connectivity index (χ1) is 14.4. The van der Waals surface area contributed by atoms with Gasteiger partial charge in [-0.2, -0.15) is 4.31 Å². The van der Waals surface area contributed by atoms with Crippen LogP contribution < -0.4 is 0 Å². The number of furan rings is 1. The minimum Gasteiger partial charge on any atom is -0.468 e. The molecule has 6 nitrogen and oxygen atoms in total. The predicted molar refractivity (Wildman–Crippen MR) is 112 cm³/mol. The average molecular weight is 464 g/mol. The number of thiazole rings is 1. The van der Waals surface area contributed by atoms with Gasteiger partial charge < -0.3 is 4.42 Å². The molecule has 1 aromatic carbocycles. The Hall–Kier alpha value is -2.59. The van der Waals surface area contributed by atoms with Crippen LogP contribution in [0.5, 0.6) is 0 Å². The molecular formula is C20H15ClFN3O3S2. The molecule has 10 heteroatoms. The molecule has 0 saturated carbocycles. The van der Waals surface area contributed by atoms with Gasteiger partial charge in [0.2, 0.25) is 10.0 Å². The van der Waals surface area contributed by atoms with E-state index in [1.165, 1.54) is 52.4 Å². The summed E-state index contributed by atoms with van der Waals surface area (Å²) >= 11 is 7.15. The third kappa shape index (κ3) is 4.59. The molecule has 0 aliphatic rings. The molecule has 4 aromatic rings. The first kappa shape index (κ1) is 20.7. The highest BCUT2D eigenvalue weighted by atomic mass is 35.5. The summed E-state index contributed by atoms with van der Waals surface area (Å²) < 4.78 is 46.2. The van der Waals surface area contributed by atoms with E-state index in [1.807, 2.05) is 0 Å². The van der Waals surface area contributed by atoms with Crippen molar-refractivity contribution in [2.45, 2.75) is 18.0 Å². The van der Waals surface area contributed by atoms with Gasteiger partial charge >= 0.3 is 0 Å². The standard InChI is InChI=1S/C20H15ClFN3O3S2/c21-19-8-7-18(10-23-19)30(26,27)25(12-17-2-1-9-28-17)11-16-13-29-20(24-16)14-3-5-15(22)6-4-14/h1-10,13H,11-12H2. The number of benzene rings is 1. The van der Waals surface area contributed by atoms with Crippen LogP contribution in [0, 0.1) is 5.82 Å². The molecule has 3 heterocycles. The number of nitrogens with zero attached hydrogens (tertiary/aromatic N) is 3. The Balaban J connectivity index is 1.63. The number of pyridine rings is 1. The van der Waals surface area contributed by atoms with E-state index in [2.05, 4.69) is 9.97 Å². The summed E-state index contributed by atoms with van der Waals surface area (Å²) in [6, 6.07) is 12.2. The molecule has 0 radical (unpaired) electrons. The van der Waals surface area contributed by atoms with Crippen LogP contribution in [0.25, 0.3) is 10.6 Å². The predicted octanol–water partition coefficient (Wildman–Crippen LogP) is 4.98. The summed E-state index contributed by atoms with van der Waals surface area (Å²) in [5.74, 6) is 0.164. The molecule has 154 valence electrons. The zero-order valence-electron chi connectivity index (χ0n) is 15.4. The van der Waals surface area contributed by atoms with Crippen molar-refractivity contribution in [2.24, 2.45) is 0 Å². The van der Waals surface area contributed by atoms with E-state index < -0.39 is 10.0 Å². The molecule has 0 aliphatic carbocycles. The molecule has 0 spiro atoms. The summed E-state index contributed by atoms with van der Waals surface area (Å²) in [5.41, 5.74) is 1.33. The molecule has 30 heavy (non-hydrogen) atoms. The van der Waals surface area contributed by atoms with Crippen molar-refractivity contribution in [3.05, 3.63) is 88.8 Å². The molecule has 0 aliphatic heterocycles. The Morgan fingerprint density at radius 3 is 2.57 bits per heavy atom. The maximum Gasteiger partial charge on any atom is 0.245 e. The van der Waals surface area contributed by atoms with Crippen LogP contribution in [0.15, 0.2) is 75.7 Å². The Bertz CT molecular complexity index is 1230. The summed E-state index contributed by atoms with van der Waals surface area (Å²) in [6.07, 6.45) is 2.71. The maximum absolute atomic E-state index is 13.2. The summed E-state index contributed by atoms with van der Waals surface area (Å²) in [7, 11) is -3.89. The lowest BCUT2D eigenvalue weighted by molar-refractivity contribution is 0.356. The molecule has 0 fully saturated rings. The van der Waals surface area contributed by atoms with Crippen molar-refractivity contribution in [2.75, 3.05) is 0 Å². The maximum atomic E-state index is 13.2. The van der Waals surface area contributed by atoms with Crippen molar-refractivity contribution < 1.29 is 17.2 Å². The van der Waals surface area contributed by atoms with Gasteiger partial charge in [-0.15, -0.1) is 11.3 Å². The first-order valence-corrected chi connectivity index (χ1v) is 11.5. The van der Waals surface area contributed by atoms with Crippen molar-refractivity contribution >= 4 is 33.0 Å². The van der Waals surface area contributed by atoms with Crippen molar-refractivity contribution in [3.8, 4) is 10.6 Å². The highest BCUT2D eigenvalue weighted by molar-refractivity contribution is 7.89. The second-order valence-corrected chi connectivity index (χ2v) is 9.50. The first-order valence-electron chi connectivity index (χ1n) is 8.76. The Morgan fingerprint density at radius 1 is 1.10 bits per heavy atom. The van der Waals surface area contributed by atoms with Crippen molar-refractivity contribution in [1.29, 1.82) is 0 Å². The fraction of sp³-hybridized carbons (Fsp3) is 0.100. The van der Waals surface area contributed by atoms with E-state index in [9.17, 15) is 12.8 Å². The SMILES string of the molecule is O=S(=O)(c1ccc(Cl)nc1)N(Cc1csc(-c2ccc(F)cc2)n1)Cc1ccco1. The highest BCUT2D eigenvalue weighted by Gasteiger charge is 2.27. The van der Waals surface area contributed by atoms with Gasteiger partial charge in [0.15, 0.2) is 0 Å². The third-order valence-corrected chi connectivity index (χ3v) is 7.17. The lowest BCUT2D eigenvalue weighted by atomic mass is 10.2. The fourth-order valence-electron chi connectivity index (χ4n) is 2.75. The summed E-state index contributed by atoms with van der Waals surface area (Å²) in [4.78, 5) is 8.42. The molecule has 0 unspecified atom stereocenters. The minimum absolute atomic E-state index is 0.0208. The Kier molecular flexibility index (Phi) is 5.96. The third-order valence-electron chi connectivity index (χ3n) is 4.23. The average Bonchev–Trinajstić information content (AvgIpc) is 3.41. The van der Waals surface area contributed by atoms with Gasteiger partial charge in [0.1, 0.15) is 26.6 Å².